The highest BCUT2D eigenvalue weighted by Crippen LogP contribution is 2.30. The number of nitrogens with zero attached hydrogens (tertiary/aromatic N) is 3. The van der Waals surface area contributed by atoms with E-state index in [-0.39, 0.29) is 18.0 Å². The Morgan fingerprint density at radius 3 is 2.82 bits per heavy atom. The van der Waals surface area contributed by atoms with Gasteiger partial charge in [0, 0.05) is 19.0 Å². The van der Waals surface area contributed by atoms with Crippen LogP contribution in [-0.2, 0) is 4.79 Å². The highest BCUT2D eigenvalue weighted by molar-refractivity contribution is 5.80. The average Bonchev–Trinajstić information content (AvgIpc) is 2.56. The summed E-state index contributed by atoms with van der Waals surface area (Å²) in [6.45, 7) is 4.67. The van der Waals surface area contributed by atoms with Crippen molar-refractivity contribution in [2.24, 2.45) is 5.73 Å². The van der Waals surface area contributed by atoms with Crippen molar-refractivity contribution in [1.29, 1.82) is 0 Å². The van der Waals surface area contributed by atoms with Crippen LogP contribution in [0.2, 0.25) is 0 Å². The zero-order chi connectivity index (χ0) is 12.4. The monoisotopic (exact) mass is 234 g/mol. The van der Waals surface area contributed by atoms with Crippen molar-refractivity contribution in [1.82, 2.24) is 15.1 Å². The lowest BCUT2D eigenvalue weighted by atomic mass is 10.1. The summed E-state index contributed by atoms with van der Waals surface area (Å²) in [7, 11) is 0. The Kier molecular flexibility index (Phi) is 3.38. The van der Waals surface area contributed by atoms with E-state index in [0.717, 1.165) is 24.4 Å². The summed E-state index contributed by atoms with van der Waals surface area (Å²) < 4.78 is 0. The van der Waals surface area contributed by atoms with Gasteiger partial charge >= 0.3 is 0 Å². The van der Waals surface area contributed by atoms with Crippen LogP contribution in [0.15, 0.2) is 12.1 Å². The molecule has 2 heterocycles. The molecule has 2 atom stereocenters. The molecule has 2 unspecified atom stereocenters. The van der Waals surface area contributed by atoms with Crippen molar-refractivity contribution in [3.63, 3.8) is 0 Å². The number of carbonyl (C=O) groups is 1. The molecule has 0 radical (unpaired) electrons. The molecule has 0 aromatic carbocycles. The molecule has 0 bridgehead atoms. The second-order valence-corrected chi connectivity index (χ2v) is 4.50. The van der Waals surface area contributed by atoms with E-state index >= 15 is 0 Å². The smallest absolute Gasteiger partial charge is 0.224 e. The maximum atomic E-state index is 11.8. The third-order valence-electron chi connectivity index (χ3n) is 3.06. The lowest BCUT2D eigenvalue weighted by molar-refractivity contribution is -0.129. The fourth-order valence-corrected chi connectivity index (χ4v) is 2.27. The van der Waals surface area contributed by atoms with Crippen LogP contribution in [-0.4, -0.2) is 33.6 Å². The van der Waals surface area contributed by atoms with Crippen LogP contribution >= 0.6 is 0 Å². The maximum Gasteiger partial charge on any atom is 0.224 e. The van der Waals surface area contributed by atoms with Crippen LogP contribution in [0, 0.1) is 6.92 Å². The summed E-state index contributed by atoms with van der Waals surface area (Å²) in [6.07, 6.45) is 1.33. The fourth-order valence-electron chi connectivity index (χ4n) is 2.27. The molecule has 1 aromatic heterocycles. The van der Waals surface area contributed by atoms with Crippen LogP contribution in [0.3, 0.4) is 0 Å². The maximum absolute atomic E-state index is 11.8. The lowest BCUT2D eigenvalue weighted by Gasteiger charge is -2.25. The minimum absolute atomic E-state index is 0.115. The summed E-state index contributed by atoms with van der Waals surface area (Å²) in [4.78, 5) is 13.6. The molecule has 2 rings (SSSR count). The minimum atomic E-state index is -0.175. The van der Waals surface area contributed by atoms with Gasteiger partial charge in [0.05, 0.1) is 17.4 Å². The number of amides is 1. The number of likely N-dealkylation sites (tertiary alicyclic amines) is 1. The first kappa shape index (κ1) is 12.0. The standard InChI is InChI=1S/C12H18N4O/c1-3-6-16-11(17)7-9(13)12(16)10-5-4-8(2)14-15-10/h4-5,9,12H,3,6-7,13H2,1-2H3. The molecule has 1 saturated heterocycles. The molecule has 5 nitrogen and oxygen atoms in total. The molecular weight excluding hydrogens is 216 g/mol. The molecule has 0 aliphatic carbocycles. The third kappa shape index (κ3) is 2.29. The summed E-state index contributed by atoms with van der Waals surface area (Å²) in [5, 5.41) is 8.19. The lowest BCUT2D eigenvalue weighted by Crippen LogP contribution is -2.34. The zero-order valence-electron chi connectivity index (χ0n) is 10.3. The molecule has 17 heavy (non-hydrogen) atoms. The molecular formula is C12H18N4O. The van der Waals surface area contributed by atoms with Gasteiger partial charge in [-0.2, -0.15) is 10.2 Å². The first-order chi connectivity index (χ1) is 8.13. The van der Waals surface area contributed by atoms with Crippen molar-refractivity contribution < 1.29 is 4.79 Å². The van der Waals surface area contributed by atoms with E-state index < -0.39 is 0 Å². The van der Waals surface area contributed by atoms with Gasteiger partial charge in [-0.15, -0.1) is 0 Å². The highest BCUT2D eigenvalue weighted by Gasteiger charge is 2.38. The van der Waals surface area contributed by atoms with E-state index in [1.165, 1.54) is 0 Å². The Hall–Kier alpha value is -1.49. The summed E-state index contributed by atoms with van der Waals surface area (Å²) in [5.74, 6) is 0.117. The minimum Gasteiger partial charge on any atom is -0.332 e. The largest absolute Gasteiger partial charge is 0.332 e. The van der Waals surface area contributed by atoms with Gasteiger partial charge < -0.3 is 10.6 Å². The Balaban J connectivity index is 2.28. The van der Waals surface area contributed by atoms with Gasteiger partial charge in [0.2, 0.25) is 5.91 Å². The van der Waals surface area contributed by atoms with E-state index in [1.807, 2.05) is 24.0 Å². The Bertz CT molecular complexity index is 403. The van der Waals surface area contributed by atoms with Crippen molar-refractivity contribution >= 4 is 5.91 Å². The first-order valence-electron chi connectivity index (χ1n) is 5.98. The second kappa shape index (κ2) is 4.79. The first-order valence-corrected chi connectivity index (χ1v) is 5.98. The fraction of sp³-hybridized carbons (Fsp3) is 0.583. The molecule has 5 heteroatoms. The van der Waals surface area contributed by atoms with E-state index in [2.05, 4.69) is 17.1 Å². The molecule has 0 spiro atoms. The summed E-state index contributed by atoms with van der Waals surface area (Å²) in [6, 6.07) is 3.53. The number of hydrogen-bond donors (Lipinski definition) is 1. The molecule has 1 fully saturated rings. The number of aryl methyl sites for hydroxylation is 1. The van der Waals surface area contributed by atoms with Gasteiger partial charge in [0.25, 0.3) is 0 Å². The van der Waals surface area contributed by atoms with Crippen LogP contribution in [0.25, 0.3) is 0 Å². The highest BCUT2D eigenvalue weighted by atomic mass is 16.2. The van der Waals surface area contributed by atoms with Crippen LogP contribution in [0.1, 0.15) is 37.2 Å². The van der Waals surface area contributed by atoms with Crippen molar-refractivity contribution in [3.8, 4) is 0 Å². The molecule has 1 amide bonds. The predicted octanol–water partition coefficient (Wildman–Crippen LogP) is 0.796. The Morgan fingerprint density at radius 1 is 1.47 bits per heavy atom. The molecule has 92 valence electrons. The number of aromatic nitrogens is 2. The van der Waals surface area contributed by atoms with Gasteiger partial charge in [-0.3, -0.25) is 4.79 Å². The average molecular weight is 234 g/mol. The predicted molar refractivity (Wildman–Crippen MR) is 64.1 cm³/mol. The van der Waals surface area contributed by atoms with E-state index in [0.29, 0.717) is 6.42 Å². The molecule has 1 aliphatic heterocycles. The number of hydrogen-bond acceptors (Lipinski definition) is 4. The van der Waals surface area contributed by atoms with Crippen LogP contribution in [0.5, 0.6) is 0 Å². The van der Waals surface area contributed by atoms with Crippen molar-refractivity contribution in [2.45, 2.75) is 38.8 Å². The van der Waals surface area contributed by atoms with Crippen LogP contribution < -0.4 is 5.73 Å². The van der Waals surface area contributed by atoms with Gasteiger partial charge in [-0.1, -0.05) is 6.92 Å². The van der Waals surface area contributed by atoms with Crippen molar-refractivity contribution in [3.05, 3.63) is 23.5 Å². The second-order valence-electron chi connectivity index (χ2n) is 4.50. The quantitative estimate of drug-likeness (QED) is 0.839. The SMILES string of the molecule is CCCN1C(=O)CC(N)C1c1ccc(C)nn1. The van der Waals surface area contributed by atoms with Crippen LogP contribution in [0.4, 0.5) is 0 Å². The molecule has 2 N–H and O–H groups in total. The van der Waals surface area contributed by atoms with Gasteiger partial charge in [0.1, 0.15) is 0 Å². The Labute approximate surface area is 101 Å². The molecule has 1 aromatic rings. The summed E-state index contributed by atoms with van der Waals surface area (Å²) in [5.41, 5.74) is 7.69. The van der Waals surface area contributed by atoms with E-state index in [9.17, 15) is 4.79 Å². The number of carbonyl (C=O) groups excluding carboxylic acids is 1. The third-order valence-corrected chi connectivity index (χ3v) is 3.06. The normalized spacial score (nSPS) is 24.4. The van der Waals surface area contributed by atoms with Gasteiger partial charge in [-0.25, -0.2) is 0 Å². The zero-order valence-corrected chi connectivity index (χ0v) is 10.3. The van der Waals surface area contributed by atoms with E-state index in [1.54, 1.807) is 0 Å². The topological polar surface area (TPSA) is 72.1 Å². The number of nitrogens with two attached hydrogens (primary N) is 1. The molecule has 1 aliphatic rings. The molecule has 0 saturated carbocycles. The summed E-state index contributed by atoms with van der Waals surface area (Å²) >= 11 is 0. The van der Waals surface area contributed by atoms with Gasteiger partial charge in [0.15, 0.2) is 0 Å². The van der Waals surface area contributed by atoms with E-state index in [4.69, 9.17) is 5.73 Å². The van der Waals surface area contributed by atoms with Gasteiger partial charge in [-0.05, 0) is 25.5 Å². The Morgan fingerprint density at radius 2 is 2.24 bits per heavy atom. The number of rotatable bonds is 3. The van der Waals surface area contributed by atoms with Crippen molar-refractivity contribution in [2.75, 3.05) is 6.54 Å².